The SMILES string of the molecule is CC.CC=O.Clc1ccc(C2CCNC2)cc1Cl. The average molecular weight is 290 g/mol. The largest absolute Gasteiger partial charge is 0.316 e. The Kier molecular flexibility index (Phi) is 10.0. The van der Waals surface area contributed by atoms with Gasteiger partial charge in [0.1, 0.15) is 6.29 Å². The fourth-order valence-electron chi connectivity index (χ4n) is 1.71. The molecule has 4 heteroatoms. The Morgan fingerprint density at radius 2 is 1.89 bits per heavy atom. The van der Waals surface area contributed by atoms with E-state index in [-0.39, 0.29) is 0 Å². The zero-order valence-corrected chi connectivity index (χ0v) is 12.7. The van der Waals surface area contributed by atoms with Crippen molar-refractivity contribution in [2.24, 2.45) is 0 Å². The summed E-state index contributed by atoms with van der Waals surface area (Å²) in [5, 5.41) is 4.62. The van der Waals surface area contributed by atoms with Crippen molar-refractivity contribution in [3.8, 4) is 0 Å². The van der Waals surface area contributed by atoms with Gasteiger partial charge < -0.3 is 10.1 Å². The minimum absolute atomic E-state index is 0.606. The molecule has 2 rings (SSSR count). The molecule has 1 heterocycles. The second kappa shape index (κ2) is 10.4. The van der Waals surface area contributed by atoms with Gasteiger partial charge in [0.15, 0.2) is 0 Å². The summed E-state index contributed by atoms with van der Waals surface area (Å²) in [5.74, 6) is 0.606. The van der Waals surface area contributed by atoms with Gasteiger partial charge in [-0.25, -0.2) is 0 Å². The van der Waals surface area contributed by atoms with Crippen molar-refractivity contribution in [2.45, 2.75) is 33.1 Å². The van der Waals surface area contributed by atoms with Crippen LogP contribution in [0.5, 0.6) is 0 Å². The monoisotopic (exact) mass is 289 g/mol. The predicted molar refractivity (Wildman–Crippen MR) is 79.8 cm³/mol. The number of carbonyl (C=O) groups excluding carboxylic acids is 1. The van der Waals surface area contributed by atoms with Gasteiger partial charge in [-0.2, -0.15) is 0 Å². The molecule has 0 spiro atoms. The summed E-state index contributed by atoms with van der Waals surface area (Å²) in [6, 6.07) is 5.91. The molecule has 1 atom stereocenters. The number of aldehydes is 1. The van der Waals surface area contributed by atoms with Crippen LogP contribution in [0.25, 0.3) is 0 Å². The molecule has 1 saturated heterocycles. The summed E-state index contributed by atoms with van der Waals surface area (Å²) >= 11 is 11.8. The lowest BCUT2D eigenvalue weighted by molar-refractivity contribution is -0.106. The van der Waals surface area contributed by atoms with Gasteiger partial charge in [-0.1, -0.05) is 43.1 Å². The number of nitrogens with one attached hydrogen (secondary N) is 1. The summed E-state index contributed by atoms with van der Waals surface area (Å²) in [5.41, 5.74) is 1.29. The molecule has 0 saturated carbocycles. The highest BCUT2D eigenvalue weighted by Crippen LogP contribution is 2.28. The molecule has 18 heavy (non-hydrogen) atoms. The van der Waals surface area contributed by atoms with Crippen molar-refractivity contribution < 1.29 is 4.79 Å². The molecule has 1 aromatic carbocycles. The molecule has 1 fully saturated rings. The number of halogens is 2. The first-order valence-electron chi connectivity index (χ1n) is 6.24. The van der Waals surface area contributed by atoms with E-state index in [1.54, 1.807) is 0 Å². The molecular weight excluding hydrogens is 269 g/mol. The van der Waals surface area contributed by atoms with Gasteiger partial charge in [-0.05, 0) is 43.5 Å². The first-order valence-corrected chi connectivity index (χ1v) is 7.00. The first kappa shape index (κ1) is 17.4. The van der Waals surface area contributed by atoms with Crippen molar-refractivity contribution >= 4 is 29.5 Å². The number of benzene rings is 1. The van der Waals surface area contributed by atoms with Gasteiger partial charge in [0.05, 0.1) is 10.0 Å². The van der Waals surface area contributed by atoms with Crippen LogP contribution in [0, 0.1) is 0 Å². The van der Waals surface area contributed by atoms with Crippen LogP contribution in [0.2, 0.25) is 10.0 Å². The number of hydrogen-bond donors (Lipinski definition) is 1. The van der Waals surface area contributed by atoms with Crippen LogP contribution >= 0.6 is 23.2 Å². The molecule has 0 bridgehead atoms. The summed E-state index contributed by atoms with van der Waals surface area (Å²) in [7, 11) is 0. The number of carbonyl (C=O) groups is 1. The maximum Gasteiger partial charge on any atom is 0.116 e. The van der Waals surface area contributed by atoms with E-state index in [1.807, 2.05) is 26.0 Å². The fraction of sp³-hybridized carbons (Fsp3) is 0.500. The Morgan fingerprint density at radius 1 is 1.28 bits per heavy atom. The zero-order valence-electron chi connectivity index (χ0n) is 11.2. The number of rotatable bonds is 1. The third kappa shape index (κ3) is 5.85. The molecule has 1 unspecified atom stereocenters. The van der Waals surface area contributed by atoms with Crippen LogP contribution in [-0.2, 0) is 4.79 Å². The maximum atomic E-state index is 8.81. The molecule has 0 aromatic heterocycles. The van der Waals surface area contributed by atoms with E-state index in [0.29, 0.717) is 16.0 Å². The molecule has 2 nitrogen and oxygen atoms in total. The van der Waals surface area contributed by atoms with Crippen LogP contribution in [0.4, 0.5) is 0 Å². The Balaban J connectivity index is 0.000000509. The molecule has 0 aliphatic carbocycles. The van der Waals surface area contributed by atoms with Crippen LogP contribution < -0.4 is 5.32 Å². The van der Waals surface area contributed by atoms with E-state index >= 15 is 0 Å². The smallest absolute Gasteiger partial charge is 0.116 e. The fourth-order valence-corrected chi connectivity index (χ4v) is 2.01. The second-order valence-electron chi connectivity index (χ2n) is 3.60. The Labute approximate surface area is 120 Å². The van der Waals surface area contributed by atoms with Gasteiger partial charge in [0.2, 0.25) is 0 Å². The van der Waals surface area contributed by atoms with Crippen molar-refractivity contribution in [3.63, 3.8) is 0 Å². The lowest BCUT2D eigenvalue weighted by Crippen LogP contribution is -2.07. The standard InChI is InChI=1S/C10H11Cl2N.C2H4O.C2H6/c11-9-2-1-7(5-10(9)12)8-3-4-13-6-8;1-2-3;1-2/h1-2,5,8,13H,3-4,6H2;2H,1H3;1-2H3. The molecule has 102 valence electrons. The lowest BCUT2D eigenvalue weighted by atomic mass is 9.99. The minimum Gasteiger partial charge on any atom is -0.316 e. The van der Waals surface area contributed by atoms with Crippen molar-refractivity contribution in [1.82, 2.24) is 5.32 Å². The minimum atomic E-state index is 0.606. The van der Waals surface area contributed by atoms with Crippen LogP contribution in [0.15, 0.2) is 18.2 Å². The molecule has 1 aromatic rings. The van der Waals surface area contributed by atoms with E-state index in [9.17, 15) is 0 Å². The van der Waals surface area contributed by atoms with Crippen molar-refractivity contribution in [3.05, 3.63) is 33.8 Å². The average Bonchev–Trinajstić information content (AvgIpc) is 2.90. The van der Waals surface area contributed by atoms with Crippen molar-refractivity contribution in [1.29, 1.82) is 0 Å². The third-order valence-corrected chi connectivity index (χ3v) is 3.21. The van der Waals surface area contributed by atoms with E-state index in [2.05, 4.69) is 11.4 Å². The van der Waals surface area contributed by atoms with E-state index in [1.165, 1.54) is 18.9 Å². The van der Waals surface area contributed by atoms with Gasteiger partial charge in [-0.15, -0.1) is 0 Å². The lowest BCUT2D eigenvalue weighted by Gasteiger charge is -2.09. The van der Waals surface area contributed by atoms with E-state index in [0.717, 1.165) is 19.4 Å². The Bertz CT molecular complexity index is 350. The number of hydrogen-bond acceptors (Lipinski definition) is 2. The normalized spacial score (nSPS) is 17.1. The zero-order chi connectivity index (χ0) is 14.0. The topological polar surface area (TPSA) is 29.1 Å². The molecule has 1 N–H and O–H groups in total. The Hall–Kier alpha value is -0.570. The highest BCUT2D eigenvalue weighted by atomic mass is 35.5. The molecule has 0 radical (unpaired) electrons. The highest BCUT2D eigenvalue weighted by molar-refractivity contribution is 6.42. The molecule has 0 amide bonds. The van der Waals surface area contributed by atoms with Gasteiger partial charge in [0.25, 0.3) is 0 Å². The highest BCUT2D eigenvalue weighted by Gasteiger charge is 2.16. The van der Waals surface area contributed by atoms with Crippen LogP contribution in [0.1, 0.15) is 38.7 Å². The summed E-state index contributed by atoms with van der Waals surface area (Å²) in [6.45, 7) is 7.60. The quantitative estimate of drug-likeness (QED) is 0.781. The summed E-state index contributed by atoms with van der Waals surface area (Å²) in [4.78, 5) is 8.81. The van der Waals surface area contributed by atoms with Gasteiger partial charge in [0, 0.05) is 6.54 Å². The summed E-state index contributed by atoms with van der Waals surface area (Å²) in [6.07, 6.45) is 1.94. The maximum absolute atomic E-state index is 8.81. The van der Waals surface area contributed by atoms with Crippen molar-refractivity contribution in [2.75, 3.05) is 13.1 Å². The van der Waals surface area contributed by atoms with Crippen LogP contribution in [-0.4, -0.2) is 19.4 Å². The van der Waals surface area contributed by atoms with Gasteiger partial charge >= 0.3 is 0 Å². The second-order valence-corrected chi connectivity index (χ2v) is 4.41. The molecule has 1 aliphatic rings. The Morgan fingerprint density at radius 3 is 2.33 bits per heavy atom. The predicted octanol–water partition coefficient (Wildman–Crippen LogP) is 4.30. The first-order chi connectivity index (χ1) is 8.69. The van der Waals surface area contributed by atoms with Crippen LogP contribution in [0.3, 0.4) is 0 Å². The molecular formula is C14H21Cl2NO. The van der Waals surface area contributed by atoms with Gasteiger partial charge in [-0.3, -0.25) is 0 Å². The third-order valence-electron chi connectivity index (χ3n) is 2.48. The molecule has 1 aliphatic heterocycles. The van der Waals surface area contributed by atoms with E-state index < -0.39 is 0 Å². The van der Waals surface area contributed by atoms with E-state index in [4.69, 9.17) is 28.0 Å². The summed E-state index contributed by atoms with van der Waals surface area (Å²) < 4.78 is 0.